The van der Waals surface area contributed by atoms with Crippen LogP contribution in [0.4, 0.5) is 5.69 Å². The Morgan fingerprint density at radius 3 is 2.68 bits per heavy atom. The molecule has 0 spiro atoms. The molecule has 1 heterocycles. The van der Waals surface area contributed by atoms with Crippen LogP contribution in [0.5, 0.6) is 0 Å². The average molecular weight is 316 g/mol. The molecule has 0 fully saturated rings. The Bertz CT molecular complexity index is 675. The molecule has 118 valence electrons. The fourth-order valence-electron chi connectivity index (χ4n) is 2.28. The van der Waals surface area contributed by atoms with Gasteiger partial charge in [-0.1, -0.05) is 12.1 Å². The van der Waals surface area contributed by atoms with Crippen molar-refractivity contribution in [3.8, 4) is 0 Å². The van der Waals surface area contributed by atoms with Crippen molar-refractivity contribution in [1.82, 2.24) is 14.7 Å². The highest BCUT2D eigenvalue weighted by Gasteiger charge is 2.11. The maximum Gasteiger partial charge on any atom is 0.173 e. The number of aromatic nitrogens is 2. The lowest BCUT2D eigenvalue weighted by Crippen LogP contribution is -2.31. The van der Waals surface area contributed by atoms with Gasteiger partial charge in [-0.05, 0) is 57.1 Å². The highest BCUT2D eigenvalue weighted by atomic mass is 32.1. The molecule has 4 nitrogen and oxygen atoms in total. The van der Waals surface area contributed by atoms with Gasteiger partial charge in [0.2, 0.25) is 0 Å². The van der Waals surface area contributed by atoms with Gasteiger partial charge in [-0.15, -0.1) is 0 Å². The standard InChI is InChI=1S/C17H24N4S/c1-6-21-11-15(14(4)19-21)10-20(5)17(22)18-16-9-12(2)7-8-13(16)3/h7-9,11H,6,10H2,1-5H3,(H,18,22). The Morgan fingerprint density at radius 1 is 1.32 bits per heavy atom. The first-order chi connectivity index (χ1) is 10.4. The minimum atomic E-state index is 0.720. The topological polar surface area (TPSA) is 33.1 Å². The predicted octanol–water partition coefficient (Wildman–Crippen LogP) is 3.66. The molecule has 1 N–H and O–H groups in total. The molecule has 1 aromatic carbocycles. The first kappa shape index (κ1) is 16.5. The number of benzene rings is 1. The number of nitrogens with one attached hydrogen (secondary N) is 1. The van der Waals surface area contributed by atoms with Gasteiger partial charge < -0.3 is 10.2 Å². The lowest BCUT2D eigenvalue weighted by molar-refractivity contribution is 0.506. The van der Waals surface area contributed by atoms with Gasteiger partial charge in [0.1, 0.15) is 0 Å². The van der Waals surface area contributed by atoms with E-state index in [1.807, 2.05) is 23.6 Å². The molecule has 0 atom stereocenters. The van der Waals surface area contributed by atoms with Crippen LogP contribution in [-0.2, 0) is 13.1 Å². The van der Waals surface area contributed by atoms with Crippen molar-refractivity contribution >= 4 is 23.0 Å². The predicted molar refractivity (Wildman–Crippen MR) is 96.2 cm³/mol. The molecular formula is C17H24N4S. The molecular weight excluding hydrogens is 292 g/mol. The number of anilines is 1. The van der Waals surface area contributed by atoms with Gasteiger partial charge in [-0.25, -0.2) is 0 Å². The van der Waals surface area contributed by atoms with Gasteiger partial charge in [0, 0.05) is 37.6 Å². The van der Waals surface area contributed by atoms with Crippen molar-refractivity contribution in [3.63, 3.8) is 0 Å². The maximum absolute atomic E-state index is 5.53. The molecule has 1 aromatic heterocycles. The van der Waals surface area contributed by atoms with E-state index in [1.165, 1.54) is 16.7 Å². The zero-order chi connectivity index (χ0) is 16.3. The summed E-state index contributed by atoms with van der Waals surface area (Å²) in [6.45, 7) is 9.93. The minimum absolute atomic E-state index is 0.720. The number of hydrogen-bond donors (Lipinski definition) is 1. The summed E-state index contributed by atoms with van der Waals surface area (Å²) in [4.78, 5) is 2.04. The van der Waals surface area contributed by atoms with Gasteiger partial charge in [0.15, 0.2) is 5.11 Å². The Labute approximate surface area is 138 Å². The summed E-state index contributed by atoms with van der Waals surface area (Å²) >= 11 is 5.53. The Kier molecular flexibility index (Phi) is 5.19. The number of hydrogen-bond acceptors (Lipinski definition) is 2. The van der Waals surface area contributed by atoms with E-state index in [1.54, 1.807) is 0 Å². The molecule has 0 radical (unpaired) electrons. The lowest BCUT2D eigenvalue weighted by atomic mass is 10.1. The summed E-state index contributed by atoms with van der Waals surface area (Å²) in [6, 6.07) is 6.33. The Balaban J connectivity index is 2.05. The van der Waals surface area contributed by atoms with E-state index in [0.717, 1.165) is 29.6 Å². The monoisotopic (exact) mass is 316 g/mol. The second-order valence-electron chi connectivity index (χ2n) is 5.70. The summed E-state index contributed by atoms with van der Waals surface area (Å²) in [5.74, 6) is 0. The summed E-state index contributed by atoms with van der Waals surface area (Å²) in [6.07, 6.45) is 2.09. The molecule has 0 aliphatic rings. The van der Waals surface area contributed by atoms with Gasteiger partial charge in [-0.3, -0.25) is 4.68 Å². The van der Waals surface area contributed by atoms with Crippen LogP contribution in [-0.4, -0.2) is 26.8 Å². The molecule has 0 aliphatic heterocycles. The molecule has 2 aromatic rings. The first-order valence-electron chi connectivity index (χ1n) is 7.53. The molecule has 0 amide bonds. The zero-order valence-electron chi connectivity index (χ0n) is 14.0. The third-order valence-corrected chi connectivity index (χ3v) is 4.17. The molecule has 0 bridgehead atoms. The normalized spacial score (nSPS) is 10.6. The highest BCUT2D eigenvalue weighted by Crippen LogP contribution is 2.17. The van der Waals surface area contributed by atoms with Crippen molar-refractivity contribution in [1.29, 1.82) is 0 Å². The van der Waals surface area contributed by atoms with Crippen LogP contribution in [0.3, 0.4) is 0 Å². The quantitative estimate of drug-likeness (QED) is 0.873. The van der Waals surface area contributed by atoms with Crippen LogP contribution in [0.15, 0.2) is 24.4 Å². The molecule has 0 saturated heterocycles. The van der Waals surface area contributed by atoms with E-state index in [4.69, 9.17) is 12.2 Å². The summed E-state index contributed by atoms with van der Waals surface area (Å²) in [5, 5.41) is 8.54. The number of thiocarbonyl (C=S) groups is 1. The van der Waals surface area contributed by atoms with Crippen molar-refractivity contribution in [2.24, 2.45) is 0 Å². The Morgan fingerprint density at radius 2 is 2.05 bits per heavy atom. The van der Waals surface area contributed by atoms with E-state index < -0.39 is 0 Å². The Hall–Kier alpha value is -1.88. The van der Waals surface area contributed by atoms with Gasteiger partial charge in [-0.2, -0.15) is 5.10 Å². The average Bonchev–Trinajstić information content (AvgIpc) is 2.83. The maximum atomic E-state index is 5.53. The third kappa shape index (κ3) is 3.85. The summed E-state index contributed by atoms with van der Waals surface area (Å²) in [7, 11) is 2.00. The van der Waals surface area contributed by atoms with Crippen LogP contribution in [0.25, 0.3) is 0 Å². The zero-order valence-corrected chi connectivity index (χ0v) is 14.8. The van der Waals surface area contributed by atoms with Gasteiger partial charge >= 0.3 is 0 Å². The van der Waals surface area contributed by atoms with Crippen LogP contribution >= 0.6 is 12.2 Å². The van der Waals surface area contributed by atoms with Crippen LogP contribution in [0.2, 0.25) is 0 Å². The SMILES string of the molecule is CCn1cc(CN(C)C(=S)Nc2cc(C)ccc2C)c(C)n1. The summed E-state index contributed by atoms with van der Waals surface area (Å²) in [5.41, 5.74) is 5.74. The van der Waals surface area contributed by atoms with Crippen LogP contribution in [0, 0.1) is 20.8 Å². The van der Waals surface area contributed by atoms with Crippen molar-refractivity contribution in [2.75, 3.05) is 12.4 Å². The van der Waals surface area contributed by atoms with Crippen LogP contribution < -0.4 is 5.32 Å². The summed E-state index contributed by atoms with van der Waals surface area (Å²) < 4.78 is 1.96. The van der Waals surface area contributed by atoms with Crippen molar-refractivity contribution in [3.05, 3.63) is 46.8 Å². The minimum Gasteiger partial charge on any atom is -0.348 e. The molecule has 0 aliphatic carbocycles. The van der Waals surface area contributed by atoms with Crippen molar-refractivity contribution in [2.45, 2.75) is 40.8 Å². The van der Waals surface area contributed by atoms with E-state index in [2.05, 4.69) is 55.6 Å². The largest absolute Gasteiger partial charge is 0.348 e. The third-order valence-electron chi connectivity index (χ3n) is 3.76. The molecule has 5 heteroatoms. The smallest absolute Gasteiger partial charge is 0.173 e. The van der Waals surface area contributed by atoms with Crippen LogP contribution in [0.1, 0.15) is 29.3 Å². The molecule has 22 heavy (non-hydrogen) atoms. The van der Waals surface area contributed by atoms with Crippen molar-refractivity contribution < 1.29 is 0 Å². The fourth-order valence-corrected chi connectivity index (χ4v) is 2.46. The first-order valence-corrected chi connectivity index (χ1v) is 7.93. The molecule has 2 rings (SSSR count). The lowest BCUT2D eigenvalue weighted by Gasteiger charge is -2.21. The number of rotatable bonds is 4. The second-order valence-corrected chi connectivity index (χ2v) is 6.09. The van der Waals surface area contributed by atoms with E-state index in [0.29, 0.717) is 0 Å². The van der Waals surface area contributed by atoms with E-state index in [-0.39, 0.29) is 0 Å². The molecule has 0 saturated carbocycles. The second kappa shape index (κ2) is 6.92. The van der Waals surface area contributed by atoms with Gasteiger partial charge in [0.05, 0.1) is 5.69 Å². The van der Waals surface area contributed by atoms with E-state index in [9.17, 15) is 0 Å². The number of aryl methyl sites for hydroxylation is 4. The van der Waals surface area contributed by atoms with E-state index >= 15 is 0 Å². The van der Waals surface area contributed by atoms with Gasteiger partial charge in [0.25, 0.3) is 0 Å². The highest BCUT2D eigenvalue weighted by molar-refractivity contribution is 7.80. The molecule has 0 unspecified atom stereocenters. The fraction of sp³-hybridized carbons (Fsp3) is 0.412. The number of nitrogens with zero attached hydrogens (tertiary/aromatic N) is 3.